The summed E-state index contributed by atoms with van der Waals surface area (Å²) >= 11 is 6.65. The summed E-state index contributed by atoms with van der Waals surface area (Å²) < 4.78 is 65.0. The van der Waals surface area contributed by atoms with Gasteiger partial charge in [0.05, 0.1) is 6.20 Å². The summed E-state index contributed by atoms with van der Waals surface area (Å²) in [6, 6.07) is 2.59. The summed E-state index contributed by atoms with van der Waals surface area (Å²) in [7, 11) is 0. The van der Waals surface area contributed by atoms with Gasteiger partial charge in [0, 0.05) is 52.0 Å². The molecule has 12 N–H and O–H groups in total. The Balaban J connectivity index is 0.000000424. The van der Waals surface area contributed by atoms with E-state index in [1.807, 2.05) is 0 Å². The van der Waals surface area contributed by atoms with E-state index in [0.29, 0.717) is 17.1 Å². The molecule has 0 saturated heterocycles. The molecule has 0 bridgehead atoms. The second kappa shape index (κ2) is 16.3. The lowest BCUT2D eigenvalue weighted by atomic mass is 9.53. The van der Waals surface area contributed by atoms with Crippen LogP contribution in [0.4, 0.5) is 32.3 Å². The van der Waals surface area contributed by atoms with Gasteiger partial charge in [-0.15, -0.1) is 0 Å². The number of carbonyl (C=O) groups excluding carboxylic acids is 3. The van der Waals surface area contributed by atoms with Crippen molar-refractivity contribution < 1.29 is 60.5 Å². The number of guanidine groups is 1. The predicted octanol–water partition coefficient (Wildman–Crippen LogP) is 2.06. The number of alkyl halides is 6. The van der Waals surface area contributed by atoms with Gasteiger partial charge in [0.25, 0.3) is 17.7 Å². The molecule has 1 fully saturated rings. The molecule has 5 atom stereocenters. The third-order valence-corrected chi connectivity index (χ3v) is 8.24. The Morgan fingerprint density at radius 1 is 0.843 bits per heavy atom. The van der Waals surface area contributed by atoms with E-state index in [4.69, 9.17) is 31.3 Å². The SMILES string of the molecule is NC1=NC([C@H]2[C@H](CNC(=O)c3cc(Br)c[nH]3)[C@@H](CNC(=O)c3cc(Br)c[nH]3)[C@@H]2c2cnc(N)[nH]2)C(=O)N1.O=C(O)C(F)(F)F.O=C(O)C(F)(F)F. The Morgan fingerprint density at radius 3 is 1.63 bits per heavy atom. The Morgan fingerprint density at radius 2 is 1.29 bits per heavy atom. The van der Waals surface area contributed by atoms with Crippen LogP contribution in [0.5, 0.6) is 0 Å². The van der Waals surface area contributed by atoms with Gasteiger partial charge >= 0.3 is 24.3 Å². The summed E-state index contributed by atoms with van der Waals surface area (Å²) in [5.74, 6) is -7.11. The average molecular weight is 864 g/mol. The number of nitrogens with two attached hydrogens (primary N) is 2. The summed E-state index contributed by atoms with van der Waals surface area (Å²) in [5.41, 5.74) is 13.2. The van der Waals surface area contributed by atoms with E-state index in [9.17, 15) is 40.7 Å². The number of hydrogen-bond acceptors (Lipinski definition) is 9. The Kier molecular flexibility index (Phi) is 12.9. The van der Waals surface area contributed by atoms with Crippen LogP contribution in [0.15, 0.2) is 44.7 Å². The minimum Gasteiger partial charge on any atom is -0.475 e. The third kappa shape index (κ3) is 10.7. The molecule has 25 heteroatoms. The number of nitrogen functional groups attached to an aromatic ring is 1. The quantitative estimate of drug-likeness (QED) is 0.147. The van der Waals surface area contributed by atoms with Gasteiger partial charge in [-0.3, -0.25) is 19.7 Å². The van der Waals surface area contributed by atoms with Crippen LogP contribution in [0.3, 0.4) is 0 Å². The zero-order valence-electron chi connectivity index (χ0n) is 25.2. The minimum atomic E-state index is -5.08. The van der Waals surface area contributed by atoms with Gasteiger partial charge in [-0.2, -0.15) is 26.3 Å². The maximum atomic E-state index is 12.8. The van der Waals surface area contributed by atoms with Crippen molar-refractivity contribution in [3.05, 3.63) is 56.8 Å². The fourth-order valence-electron chi connectivity index (χ4n) is 5.22. The van der Waals surface area contributed by atoms with E-state index >= 15 is 0 Å². The number of aliphatic imine (C=N–C) groups is 1. The molecule has 3 amide bonds. The van der Waals surface area contributed by atoms with Crippen LogP contribution in [0.1, 0.15) is 32.6 Å². The first-order valence-corrected chi connectivity index (χ1v) is 15.5. The molecule has 3 aromatic rings. The molecule has 0 aromatic carbocycles. The first-order chi connectivity index (χ1) is 23.6. The molecule has 2 aliphatic rings. The molecular weight excluding hydrogens is 838 g/mol. The summed E-state index contributed by atoms with van der Waals surface area (Å²) in [4.78, 5) is 73.4. The van der Waals surface area contributed by atoms with Crippen LogP contribution in [0.2, 0.25) is 0 Å². The minimum absolute atomic E-state index is 0.0472. The first kappa shape index (κ1) is 40.4. The van der Waals surface area contributed by atoms with Crippen LogP contribution in [0.25, 0.3) is 0 Å². The molecule has 0 radical (unpaired) electrons. The second-order valence-corrected chi connectivity index (χ2v) is 12.4. The number of imidazole rings is 1. The van der Waals surface area contributed by atoms with Crippen molar-refractivity contribution in [1.82, 2.24) is 35.9 Å². The van der Waals surface area contributed by atoms with Gasteiger partial charge in [0.2, 0.25) is 0 Å². The Labute approximate surface area is 297 Å². The van der Waals surface area contributed by atoms with Gasteiger partial charge in [0.15, 0.2) is 11.9 Å². The lowest BCUT2D eigenvalue weighted by Gasteiger charge is -2.53. The van der Waals surface area contributed by atoms with Crippen molar-refractivity contribution in [1.29, 1.82) is 0 Å². The molecule has 5 rings (SSSR count). The number of aromatic amines is 3. The number of amides is 3. The van der Waals surface area contributed by atoms with Gasteiger partial charge in [-0.05, 0) is 55.8 Å². The number of anilines is 1. The Hall–Kier alpha value is -5.07. The summed E-state index contributed by atoms with van der Waals surface area (Å²) in [5, 5.41) is 22.7. The lowest BCUT2D eigenvalue weighted by molar-refractivity contribution is -0.193. The topological polar surface area (TPSA) is 287 Å². The number of halogens is 8. The van der Waals surface area contributed by atoms with Gasteiger partial charge in [0.1, 0.15) is 17.4 Å². The van der Waals surface area contributed by atoms with Crippen LogP contribution < -0.4 is 27.4 Å². The Bertz CT molecular complexity index is 1770. The standard InChI is InChI=1S/C22H24Br2N10O3.2C2HF3O2/c23-8-1-12(27-3-8)18(35)29-5-10-11(6-30-19(36)13-2-9(24)4-28-13)16(17-20(37)34-22(26)33-17)15(10)14-7-31-21(25)32-14;2*3-2(4,5)1(6)7/h1-4,7,10-11,15-17,27-28H,5-6H2,(H,29,35)(H,30,36)(H3,25,31,32)(H3,26,33,34,37);2*(H,6,7)/t10-,11-,15-,16+,17?;;/m1../s1. The van der Waals surface area contributed by atoms with E-state index in [-0.39, 0.29) is 66.4 Å². The highest BCUT2D eigenvalue weighted by molar-refractivity contribution is 9.10. The molecule has 17 nitrogen and oxygen atoms in total. The monoisotopic (exact) mass is 862 g/mol. The molecular formula is C26H26Br2F6N10O7. The lowest BCUT2D eigenvalue weighted by Crippen LogP contribution is -2.59. The number of nitrogens with zero attached hydrogens (tertiary/aromatic N) is 2. The molecule has 0 spiro atoms. The number of aliphatic carboxylic acids is 2. The maximum absolute atomic E-state index is 12.8. The van der Waals surface area contributed by atoms with Gasteiger partial charge in [-0.25, -0.2) is 19.6 Å². The van der Waals surface area contributed by atoms with Crippen molar-refractivity contribution in [2.24, 2.45) is 28.5 Å². The van der Waals surface area contributed by atoms with Crippen LogP contribution in [-0.2, 0) is 14.4 Å². The van der Waals surface area contributed by atoms with E-state index in [0.717, 1.165) is 8.95 Å². The second-order valence-electron chi connectivity index (χ2n) is 10.6. The number of carbonyl (C=O) groups is 5. The zero-order valence-corrected chi connectivity index (χ0v) is 28.4. The van der Waals surface area contributed by atoms with Crippen molar-refractivity contribution in [3.8, 4) is 0 Å². The molecule has 51 heavy (non-hydrogen) atoms. The van der Waals surface area contributed by atoms with Crippen molar-refractivity contribution in [3.63, 3.8) is 0 Å². The molecule has 1 unspecified atom stereocenters. The molecule has 4 heterocycles. The van der Waals surface area contributed by atoms with Crippen molar-refractivity contribution >= 4 is 73.4 Å². The fourth-order valence-corrected chi connectivity index (χ4v) is 5.91. The van der Waals surface area contributed by atoms with Crippen LogP contribution in [0, 0.1) is 17.8 Å². The highest BCUT2D eigenvalue weighted by Gasteiger charge is 2.57. The highest BCUT2D eigenvalue weighted by atomic mass is 79.9. The highest BCUT2D eigenvalue weighted by Crippen LogP contribution is 2.54. The fraction of sp³-hybridized carbons (Fsp3) is 0.346. The maximum Gasteiger partial charge on any atom is 0.490 e. The first-order valence-electron chi connectivity index (χ1n) is 13.9. The zero-order chi connectivity index (χ0) is 38.4. The summed E-state index contributed by atoms with van der Waals surface area (Å²) in [6.45, 7) is 0.520. The average Bonchev–Trinajstić information content (AvgIpc) is 3.81. The third-order valence-electron chi connectivity index (χ3n) is 7.32. The molecule has 1 saturated carbocycles. The molecule has 278 valence electrons. The summed E-state index contributed by atoms with van der Waals surface area (Å²) in [6.07, 6.45) is -5.21. The smallest absolute Gasteiger partial charge is 0.475 e. The number of nitrogens with one attached hydrogen (secondary N) is 6. The number of carboxylic acid groups (broad SMARTS) is 2. The largest absolute Gasteiger partial charge is 0.490 e. The molecule has 3 aromatic heterocycles. The van der Waals surface area contributed by atoms with Crippen molar-refractivity contribution in [2.75, 3.05) is 18.8 Å². The van der Waals surface area contributed by atoms with Gasteiger partial charge in [-0.1, -0.05) is 0 Å². The van der Waals surface area contributed by atoms with Crippen molar-refractivity contribution in [2.45, 2.75) is 24.3 Å². The van der Waals surface area contributed by atoms with E-state index in [2.05, 4.69) is 72.7 Å². The van der Waals surface area contributed by atoms with Gasteiger partial charge < -0.3 is 47.3 Å². The molecule has 1 aliphatic carbocycles. The number of H-pyrrole nitrogens is 3. The normalized spacial score (nSPS) is 21.1. The molecule has 1 aliphatic heterocycles. The van der Waals surface area contributed by atoms with Crippen LogP contribution in [-0.4, -0.2) is 97.3 Å². The number of carboxylic acids is 2. The van der Waals surface area contributed by atoms with E-state index in [1.54, 1.807) is 30.7 Å². The van der Waals surface area contributed by atoms with E-state index in [1.165, 1.54) is 0 Å². The number of aromatic nitrogens is 4. The number of rotatable bonds is 8. The van der Waals surface area contributed by atoms with Crippen LogP contribution >= 0.6 is 31.9 Å². The number of hydrogen-bond donors (Lipinski definition) is 10. The van der Waals surface area contributed by atoms with E-state index < -0.39 is 30.3 Å². The predicted molar refractivity (Wildman–Crippen MR) is 169 cm³/mol.